The van der Waals surface area contributed by atoms with Gasteiger partial charge in [0, 0.05) is 35.6 Å². The molecule has 1 amide bonds. The third-order valence-electron chi connectivity index (χ3n) is 8.98. The van der Waals surface area contributed by atoms with Gasteiger partial charge in [-0.25, -0.2) is 9.37 Å². The quantitative estimate of drug-likeness (QED) is 0.225. The van der Waals surface area contributed by atoms with Crippen LogP contribution in [0.25, 0.3) is 22.3 Å². The Hall–Kier alpha value is -3.47. The van der Waals surface area contributed by atoms with Crippen LogP contribution in [-0.2, 0) is 38.6 Å². The molecule has 1 fully saturated rings. The lowest BCUT2D eigenvalue weighted by Gasteiger charge is -2.31. The molecule has 2 atom stereocenters. The highest BCUT2D eigenvalue weighted by atomic mass is 19.1. The number of hydrogen-bond donors (Lipinski definition) is 2. The summed E-state index contributed by atoms with van der Waals surface area (Å²) in [6, 6.07) is 2.96. The van der Waals surface area contributed by atoms with Gasteiger partial charge in [0.2, 0.25) is 0 Å². The van der Waals surface area contributed by atoms with E-state index in [2.05, 4.69) is 10.6 Å². The zero-order valence-corrected chi connectivity index (χ0v) is 23.9. The molecule has 10 heteroatoms. The number of hydrogen-bond acceptors (Lipinski definition) is 7. The SMILES string of the molecule is CCC(C=O)c1cc2n(c(=O)c1COC)Cc1c-2nc2cc(F)c(C)c3c2c1C(NC(=O)C1(OCNC)CC1)CC3. The molecule has 3 heterocycles. The van der Waals surface area contributed by atoms with Gasteiger partial charge in [0.1, 0.15) is 17.7 Å². The second kappa shape index (κ2) is 10.4. The Morgan fingerprint density at radius 1 is 1.32 bits per heavy atom. The summed E-state index contributed by atoms with van der Waals surface area (Å²) in [5.74, 6) is -0.954. The van der Waals surface area contributed by atoms with Gasteiger partial charge < -0.3 is 24.2 Å². The fourth-order valence-electron chi connectivity index (χ4n) is 6.57. The predicted molar refractivity (Wildman–Crippen MR) is 151 cm³/mol. The average molecular weight is 563 g/mol. The Labute approximate surface area is 237 Å². The number of rotatable bonds is 10. The van der Waals surface area contributed by atoms with Crippen molar-refractivity contribution >= 4 is 23.1 Å². The number of ether oxygens (including phenoxy) is 2. The Balaban J connectivity index is 1.54. The first kappa shape index (κ1) is 27.7. The molecule has 41 heavy (non-hydrogen) atoms. The molecule has 2 unspecified atom stereocenters. The highest BCUT2D eigenvalue weighted by molar-refractivity contribution is 5.94. The normalized spacial score (nSPS) is 18.6. The molecule has 9 nitrogen and oxygen atoms in total. The first-order valence-corrected chi connectivity index (χ1v) is 14.2. The van der Waals surface area contributed by atoms with Crippen LogP contribution in [0.15, 0.2) is 16.9 Å². The standard InChI is InChI=1S/C31H35FN4O5/c1-5-17(13-37)19-10-25-28-20(12-36(25)29(38)21(19)14-40-4)27-23(35-30(39)31(8-9-31)41-15-33-3)7-6-18-16(2)22(32)11-24(34-28)26(18)27/h10-11,13,17,23,33H,5-9,12,14-15H2,1-4H3,(H,35,39). The minimum absolute atomic E-state index is 0.0827. The zero-order valence-electron chi connectivity index (χ0n) is 23.9. The minimum atomic E-state index is -0.842. The van der Waals surface area contributed by atoms with Crippen molar-refractivity contribution in [2.24, 2.45) is 0 Å². The van der Waals surface area contributed by atoms with Crippen LogP contribution >= 0.6 is 0 Å². The summed E-state index contributed by atoms with van der Waals surface area (Å²) in [4.78, 5) is 44.2. The lowest BCUT2D eigenvalue weighted by Crippen LogP contribution is -2.42. The van der Waals surface area contributed by atoms with Crippen LogP contribution in [0.4, 0.5) is 4.39 Å². The lowest BCUT2D eigenvalue weighted by atomic mass is 9.81. The molecule has 0 spiro atoms. The van der Waals surface area contributed by atoms with Crippen molar-refractivity contribution in [3.8, 4) is 11.4 Å². The van der Waals surface area contributed by atoms with E-state index in [-0.39, 0.29) is 43.2 Å². The number of halogens is 1. The number of methoxy groups -OCH3 is 1. The number of carbonyl (C=O) groups excluding carboxylic acids is 2. The number of amides is 1. The van der Waals surface area contributed by atoms with Gasteiger partial charge in [-0.15, -0.1) is 0 Å². The third kappa shape index (κ3) is 4.31. The number of aldehydes is 1. The van der Waals surface area contributed by atoms with Crippen LogP contribution in [0.5, 0.6) is 0 Å². The van der Waals surface area contributed by atoms with E-state index in [0.717, 1.165) is 28.4 Å². The lowest BCUT2D eigenvalue weighted by molar-refractivity contribution is -0.137. The fourth-order valence-corrected chi connectivity index (χ4v) is 6.57. The van der Waals surface area contributed by atoms with Crippen LogP contribution < -0.4 is 16.2 Å². The maximum atomic E-state index is 15.1. The summed E-state index contributed by atoms with van der Waals surface area (Å²) in [7, 11) is 3.29. The van der Waals surface area contributed by atoms with Gasteiger partial charge in [0.15, 0.2) is 0 Å². The van der Waals surface area contributed by atoms with Crippen molar-refractivity contribution in [2.75, 3.05) is 20.9 Å². The van der Waals surface area contributed by atoms with Gasteiger partial charge in [-0.2, -0.15) is 0 Å². The summed E-state index contributed by atoms with van der Waals surface area (Å²) in [5, 5.41) is 7.03. The zero-order chi connectivity index (χ0) is 29.1. The maximum Gasteiger partial charge on any atom is 0.257 e. The predicted octanol–water partition coefficient (Wildman–Crippen LogP) is 3.54. The molecule has 1 aliphatic heterocycles. The summed E-state index contributed by atoms with van der Waals surface area (Å²) in [5.41, 5.74) is 4.86. The van der Waals surface area contributed by atoms with Crippen LogP contribution in [0, 0.1) is 12.7 Å². The molecule has 1 saturated carbocycles. The van der Waals surface area contributed by atoms with Crippen molar-refractivity contribution in [3.05, 3.63) is 61.7 Å². The smallest absolute Gasteiger partial charge is 0.257 e. The van der Waals surface area contributed by atoms with Crippen molar-refractivity contribution < 1.29 is 23.5 Å². The van der Waals surface area contributed by atoms with Crippen LogP contribution in [0.2, 0.25) is 0 Å². The second-order valence-corrected chi connectivity index (χ2v) is 11.3. The summed E-state index contributed by atoms with van der Waals surface area (Å²) < 4.78 is 28.0. The van der Waals surface area contributed by atoms with E-state index < -0.39 is 11.5 Å². The molecular formula is C31H35FN4O5. The number of pyridine rings is 2. The molecule has 3 aliphatic rings. The van der Waals surface area contributed by atoms with Crippen LogP contribution in [0.1, 0.15) is 77.9 Å². The summed E-state index contributed by atoms with van der Waals surface area (Å²) in [6.45, 7) is 4.30. The number of aromatic nitrogens is 2. The molecular weight excluding hydrogens is 527 g/mol. The number of fused-ring (bicyclic) bond motifs is 4. The third-order valence-corrected chi connectivity index (χ3v) is 8.98. The van der Waals surface area contributed by atoms with E-state index in [1.54, 1.807) is 18.5 Å². The van der Waals surface area contributed by atoms with E-state index in [1.165, 1.54) is 13.2 Å². The van der Waals surface area contributed by atoms with Crippen molar-refractivity contribution in [1.82, 2.24) is 20.2 Å². The number of benzene rings is 1. The van der Waals surface area contributed by atoms with E-state index in [1.807, 2.05) is 13.0 Å². The topological polar surface area (TPSA) is 112 Å². The fraction of sp³-hybridized carbons (Fsp3) is 0.484. The minimum Gasteiger partial charge on any atom is -0.380 e. The number of aryl methyl sites for hydroxylation is 1. The largest absolute Gasteiger partial charge is 0.380 e. The molecule has 216 valence electrons. The van der Waals surface area contributed by atoms with Gasteiger partial charge in [0.25, 0.3) is 11.5 Å². The first-order valence-electron chi connectivity index (χ1n) is 14.2. The maximum absolute atomic E-state index is 15.1. The average Bonchev–Trinajstić information content (AvgIpc) is 3.68. The highest BCUT2D eigenvalue weighted by Crippen LogP contribution is 2.46. The van der Waals surface area contributed by atoms with Crippen LogP contribution in [-0.4, -0.2) is 48.2 Å². The van der Waals surface area contributed by atoms with Gasteiger partial charge in [-0.05, 0) is 74.4 Å². The van der Waals surface area contributed by atoms with E-state index >= 15 is 4.39 Å². The molecule has 2 aliphatic carbocycles. The molecule has 6 rings (SSSR count). The van der Waals surface area contributed by atoms with Gasteiger partial charge in [-0.1, -0.05) is 6.92 Å². The molecule has 2 aromatic heterocycles. The molecule has 0 bridgehead atoms. The summed E-state index contributed by atoms with van der Waals surface area (Å²) >= 11 is 0. The Morgan fingerprint density at radius 2 is 2.10 bits per heavy atom. The highest BCUT2D eigenvalue weighted by Gasteiger charge is 2.52. The second-order valence-electron chi connectivity index (χ2n) is 11.3. The first-order chi connectivity index (χ1) is 19.8. The van der Waals surface area contributed by atoms with Crippen molar-refractivity contribution in [3.63, 3.8) is 0 Å². The Bertz CT molecular complexity index is 1640. The van der Waals surface area contributed by atoms with Gasteiger partial charge in [-0.3, -0.25) is 14.9 Å². The molecule has 1 aromatic carbocycles. The summed E-state index contributed by atoms with van der Waals surface area (Å²) in [6.07, 6.45) is 3.88. The van der Waals surface area contributed by atoms with Gasteiger partial charge in [0.05, 0.1) is 42.8 Å². The molecule has 2 N–H and O–H groups in total. The number of nitrogens with zero attached hydrogens (tertiary/aromatic N) is 2. The Morgan fingerprint density at radius 3 is 2.76 bits per heavy atom. The molecule has 0 radical (unpaired) electrons. The van der Waals surface area contributed by atoms with E-state index in [4.69, 9.17) is 14.5 Å². The van der Waals surface area contributed by atoms with Gasteiger partial charge >= 0.3 is 0 Å². The monoisotopic (exact) mass is 562 g/mol. The van der Waals surface area contributed by atoms with Crippen LogP contribution in [0.3, 0.4) is 0 Å². The molecule has 0 saturated heterocycles. The number of carbonyl (C=O) groups is 2. The van der Waals surface area contributed by atoms with E-state index in [0.29, 0.717) is 65.7 Å². The van der Waals surface area contributed by atoms with Crippen molar-refractivity contribution in [1.29, 1.82) is 0 Å². The van der Waals surface area contributed by atoms with Crippen molar-refractivity contribution in [2.45, 2.75) is 76.7 Å². The molecule has 3 aromatic rings. The number of nitrogens with one attached hydrogen (secondary N) is 2. The Kier molecular flexibility index (Phi) is 7.04. The van der Waals surface area contributed by atoms with E-state index in [9.17, 15) is 14.4 Å².